The van der Waals surface area contributed by atoms with Crippen LogP contribution in [0.4, 0.5) is 0 Å². The second-order valence-corrected chi connectivity index (χ2v) is 7.30. The van der Waals surface area contributed by atoms with Crippen molar-refractivity contribution in [3.8, 4) is 0 Å². The fraction of sp³-hybridized carbons (Fsp3) is 0.667. The van der Waals surface area contributed by atoms with Gasteiger partial charge in [-0.1, -0.05) is 51.1 Å². The van der Waals surface area contributed by atoms with Crippen molar-refractivity contribution in [2.75, 3.05) is 13.1 Å². The van der Waals surface area contributed by atoms with Crippen LogP contribution in [0.5, 0.6) is 0 Å². The second kappa shape index (κ2) is 6.56. The highest BCUT2D eigenvalue weighted by Gasteiger charge is 2.21. The van der Waals surface area contributed by atoms with Crippen molar-refractivity contribution in [2.24, 2.45) is 11.3 Å². The molecular formula is C18H29N. The third-order valence-corrected chi connectivity index (χ3v) is 4.26. The predicted octanol–water partition coefficient (Wildman–Crippen LogP) is 4.72. The molecule has 1 saturated heterocycles. The van der Waals surface area contributed by atoms with Crippen LogP contribution in [0, 0.1) is 11.3 Å². The van der Waals surface area contributed by atoms with E-state index in [2.05, 4.69) is 56.0 Å². The van der Waals surface area contributed by atoms with Gasteiger partial charge in [-0.2, -0.15) is 0 Å². The summed E-state index contributed by atoms with van der Waals surface area (Å²) in [6.45, 7) is 10.8. The van der Waals surface area contributed by atoms with E-state index in [1.54, 1.807) is 0 Å². The molecule has 1 heterocycles. The average Bonchev–Trinajstić information content (AvgIpc) is 2.38. The molecule has 1 aliphatic rings. The van der Waals surface area contributed by atoms with Crippen molar-refractivity contribution in [2.45, 2.75) is 53.0 Å². The van der Waals surface area contributed by atoms with Crippen molar-refractivity contribution in [3.63, 3.8) is 0 Å². The molecule has 1 fully saturated rings. The Morgan fingerprint density at radius 2 is 1.68 bits per heavy atom. The lowest BCUT2D eigenvalue weighted by Crippen LogP contribution is -2.33. The minimum Gasteiger partial charge on any atom is -0.299 e. The Bertz CT molecular complexity index is 355. The summed E-state index contributed by atoms with van der Waals surface area (Å²) in [5, 5.41) is 0. The molecule has 1 aliphatic heterocycles. The Morgan fingerprint density at radius 3 is 2.26 bits per heavy atom. The van der Waals surface area contributed by atoms with Gasteiger partial charge < -0.3 is 0 Å². The summed E-state index contributed by atoms with van der Waals surface area (Å²) in [7, 11) is 0. The summed E-state index contributed by atoms with van der Waals surface area (Å²) < 4.78 is 0. The molecule has 2 rings (SSSR count). The Morgan fingerprint density at radius 1 is 1.05 bits per heavy atom. The standard InChI is InChI=1S/C18H29N/c1-18(2,3)12-9-16-10-13-19(14-11-16)15-17-7-5-4-6-8-17/h4-8,16H,9-15H2,1-3H3. The highest BCUT2D eigenvalue weighted by molar-refractivity contribution is 5.14. The van der Waals surface area contributed by atoms with Gasteiger partial charge in [-0.05, 0) is 55.7 Å². The minimum absolute atomic E-state index is 0.501. The highest BCUT2D eigenvalue weighted by Crippen LogP contribution is 2.29. The van der Waals surface area contributed by atoms with E-state index >= 15 is 0 Å². The van der Waals surface area contributed by atoms with E-state index in [1.807, 2.05) is 0 Å². The van der Waals surface area contributed by atoms with Crippen LogP contribution in [0.1, 0.15) is 52.0 Å². The van der Waals surface area contributed by atoms with E-state index in [0.29, 0.717) is 5.41 Å². The summed E-state index contributed by atoms with van der Waals surface area (Å²) >= 11 is 0. The number of benzene rings is 1. The zero-order chi connectivity index (χ0) is 13.7. The van der Waals surface area contributed by atoms with Gasteiger partial charge in [-0.25, -0.2) is 0 Å². The zero-order valence-corrected chi connectivity index (χ0v) is 12.9. The number of hydrogen-bond donors (Lipinski definition) is 0. The fourth-order valence-corrected chi connectivity index (χ4v) is 2.91. The van der Waals surface area contributed by atoms with Crippen LogP contribution in [0.25, 0.3) is 0 Å². The Hall–Kier alpha value is -0.820. The molecule has 0 aromatic heterocycles. The van der Waals surface area contributed by atoms with Crippen molar-refractivity contribution in [1.29, 1.82) is 0 Å². The average molecular weight is 259 g/mol. The smallest absolute Gasteiger partial charge is 0.0233 e. The van der Waals surface area contributed by atoms with Gasteiger partial charge >= 0.3 is 0 Å². The first kappa shape index (κ1) is 14.6. The molecule has 0 N–H and O–H groups in total. The monoisotopic (exact) mass is 259 g/mol. The van der Waals surface area contributed by atoms with Crippen molar-refractivity contribution in [3.05, 3.63) is 35.9 Å². The quantitative estimate of drug-likeness (QED) is 0.756. The van der Waals surface area contributed by atoms with E-state index in [9.17, 15) is 0 Å². The zero-order valence-electron chi connectivity index (χ0n) is 12.9. The molecule has 0 amide bonds. The van der Waals surface area contributed by atoms with Gasteiger partial charge in [-0.3, -0.25) is 4.90 Å². The van der Waals surface area contributed by atoms with Crippen LogP contribution in [0.2, 0.25) is 0 Å². The SMILES string of the molecule is CC(C)(C)CCC1CCN(Cc2ccccc2)CC1. The van der Waals surface area contributed by atoms with Crippen LogP contribution in [-0.4, -0.2) is 18.0 Å². The third kappa shape index (κ3) is 5.36. The van der Waals surface area contributed by atoms with Crippen LogP contribution < -0.4 is 0 Å². The maximum Gasteiger partial charge on any atom is 0.0233 e. The Balaban J connectivity index is 1.71. The van der Waals surface area contributed by atoms with Gasteiger partial charge in [0.1, 0.15) is 0 Å². The van der Waals surface area contributed by atoms with E-state index in [1.165, 1.54) is 44.3 Å². The number of nitrogens with zero attached hydrogens (tertiary/aromatic N) is 1. The van der Waals surface area contributed by atoms with Gasteiger partial charge in [0.25, 0.3) is 0 Å². The Labute approximate surface area is 119 Å². The largest absolute Gasteiger partial charge is 0.299 e. The van der Waals surface area contributed by atoms with Crippen LogP contribution >= 0.6 is 0 Å². The van der Waals surface area contributed by atoms with Crippen LogP contribution in [0.15, 0.2) is 30.3 Å². The van der Waals surface area contributed by atoms with Crippen LogP contribution in [0.3, 0.4) is 0 Å². The van der Waals surface area contributed by atoms with Gasteiger partial charge in [0.15, 0.2) is 0 Å². The lowest BCUT2D eigenvalue weighted by molar-refractivity contribution is 0.162. The molecule has 0 spiro atoms. The van der Waals surface area contributed by atoms with Crippen molar-refractivity contribution < 1.29 is 0 Å². The number of hydrogen-bond acceptors (Lipinski definition) is 1. The summed E-state index contributed by atoms with van der Waals surface area (Å²) in [6, 6.07) is 10.9. The molecule has 0 atom stereocenters. The lowest BCUT2D eigenvalue weighted by atomic mass is 9.83. The first-order valence-electron chi connectivity index (χ1n) is 7.79. The van der Waals surface area contributed by atoms with E-state index in [0.717, 1.165) is 12.5 Å². The molecular weight excluding hydrogens is 230 g/mol. The van der Waals surface area contributed by atoms with Gasteiger partial charge in [0.2, 0.25) is 0 Å². The van der Waals surface area contributed by atoms with Gasteiger partial charge in [-0.15, -0.1) is 0 Å². The third-order valence-electron chi connectivity index (χ3n) is 4.26. The summed E-state index contributed by atoms with van der Waals surface area (Å²) in [4.78, 5) is 2.61. The molecule has 1 aromatic carbocycles. The first-order valence-corrected chi connectivity index (χ1v) is 7.79. The molecule has 0 unspecified atom stereocenters. The number of likely N-dealkylation sites (tertiary alicyclic amines) is 1. The normalized spacial score (nSPS) is 18.7. The van der Waals surface area contributed by atoms with E-state index in [-0.39, 0.29) is 0 Å². The maximum atomic E-state index is 2.61. The Kier molecular flexibility index (Phi) is 5.04. The van der Waals surface area contributed by atoms with Crippen molar-refractivity contribution >= 4 is 0 Å². The molecule has 1 heteroatoms. The summed E-state index contributed by atoms with van der Waals surface area (Å²) in [6.07, 6.45) is 5.57. The second-order valence-electron chi connectivity index (χ2n) is 7.30. The molecule has 106 valence electrons. The molecule has 1 nitrogen and oxygen atoms in total. The minimum atomic E-state index is 0.501. The summed E-state index contributed by atoms with van der Waals surface area (Å²) in [5.74, 6) is 0.964. The molecule has 19 heavy (non-hydrogen) atoms. The van der Waals surface area contributed by atoms with E-state index in [4.69, 9.17) is 0 Å². The number of rotatable bonds is 4. The van der Waals surface area contributed by atoms with Gasteiger partial charge in [0, 0.05) is 6.54 Å². The summed E-state index contributed by atoms with van der Waals surface area (Å²) in [5.41, 5.74) is 1.96. The predicted molar refractivity (Wildman–Crippen MR) is 83.1 cm³/mol. The fourth-order valence-electron chi connectivity index (χ4n) is 2.91. The highest BCUT2D eigenvalue weighted by atomic mass is 15.1. The van der Waals surface area contributed by atoms with Gasteiger partial charge in [0.05, 0.1) is 0 Å². The molecule has 0 saturated carbocycles. The molecule has 0 radical (unpaired) electrons. The topological polar surface area (TPSA) is 3.24 Å². The first-order chi connectivity index (χ1) is 9.03. The molecule has 0 bridgehead atoms. The molecule has 1 aromatic rings. The van der Waals surface area contributed by atoms with E-state index < -0.39 is 0 Å². The lowest BCUT2D eigenvalue weighted by Gasteiger charge is -2.33. The van der Waals surface area contributed by atoms with Crippen LogP contribution in [-0.2, 0) is 6.54 Å². The maximum absolute atomic E-state index is 2.61. The molecule has 0 aliphatic carbocycles. The van der Waals surface area contributed by atoms with Crippen molar-refractivity contribution in [1.82, 2.24) is 4.90 Å². The number of piperidine rings is 1.